The molecule has 4 nitrogen and oxygen atoms in total. The van der Waals surface area contributed by atoms with E-state index in [1.807, 2.05) is 0 Å². The molecule has 2 aromatic carbocycles. The second-order valence-corrected chi connectivity index (χ2v) is 9.30. The van der Waals surface area contributed by atoms with Gasteiger partial charge in [-0.25, -0.2) is 0 Å². The number of amides is 1. The van der Waals surface area contributed by atoms with E-state index in [0.717, 1.165) is 56.9 Å². The van der Waals surface area contributed by atoms with Gasteiger partial charge in [0, 0.05) is 28.2 Å². The summed E-state index contributed by atoms with van der Waals surface area (Å²) in [5, 5.41) is 1.30. The van der Waals surface area contributed by atoms with Crippen molar-refractivity contribution in [3.63, 3.8) is 0 Å². The number of nitrogens with zero attached hydrogens (tertiary/aromatic N) is 1. The SMILES string of the molecule is CN(C)C1(c2ccccc2)CCC(=C(CCCCc2c[nH]c3ccccc23)C(N)=O)CC1.Cl. The number of halogens is 1. The number of allylic oxidation sites excluding steroid dienone is 1. The summed E-state index contributed by atoms with van der Waals surface area (Å²) in [6.07, 6.45) is 9.87. The van der Waals surface area contributed by atoms with E-state index >= 15 is 0 Å². The van der Waals surface area contributed by atoms with E-state index in [0.29, 0.717) is 0 Å². The lowest BCUT2D eigenvalue weighted by atomic mass is 9.72. The summed E-state index contributed by atoms with van der Waals surface area (Å²) in [6.45, 7) is 0. The molecule has 3 N–H and O–H groups in total. The molecule has 1 aliphatic carbocycles. The zero-order valence-corrected chi connectivity index (χ0v) is 20.6. The van der Waals surface area contributed by atoms with Gasteiger partial charge in [-0.15, -0.1) is 12.4 Å². The normalized spacial score (nSPS) is 18.3. The van der Waals surface area contributed by atoms with E-state index in [9.17, 15) is 4.79 Å². The van der Waals surface area contributed by atoms with E-state index in [4.69, 9.17) is 5.73 Å². The Hall–Kier alpha value is -2.56. The second kappa shape index (κ2) is 11.0. The summed E-state index contributed by atoms with van der Waals surface area (Å²) in [5.41, 5.74) is 11.9. The van der Waals surface area contributed by atoms with Gasteiger partial charge in [-0.2, -0.15) is 0 Å². The van der Waals surface area contributed by atoms with Crippen LogP contribution in [0.15, 0.2) is 71.9 Å². The average molecular weight is 466 g/mol. The lowest BCUT2D eigenvalue weighted by molar-refractivity contribution is -0.114. The van der Waals surface area contributed by atoms with Crippen molar-refractivity contribution in [3.8, 4) is 0 Å². The molecule has 3 aromatic rings. The van der Waals surface area contributed by atoms with Crippen molar-refractivity contribution < 1.29 is 4.79 Å². The van der Waals surface area contributed by atoms with Gasteiger partial charge < -0.3 is 10.7 Å². The Balaban J connectivity index is 0.00000306. The van der Waals surface area contributed by atoms with Crippen LogP contribution in [-0.4, -0.2) is 29.9 Å². The molecular formula is C28H36ClN3O. The zero-order chi connectivity index (χ0) is 22.6. The van der Waals surface area contributed by atoms with Crippen molar-refractivity contribution in [1.29, 1.82) is 0 Å². The first kappa shape index (κ1) is 25.1. The molecule has 0 bridgehead atoms. The maximum Gasteiger partial charge on any atom is 0.244 e. The smallest absolute Gasteiger partial charge is 0.244 e. The molecule has 33 heavy (non-hydrogen) atoms. The third-order valence-corrected chi connectivity index (χ3v) is 7.37. The highest BCUT2D eigenvalue weighted by atomic mass is 35.5. The number of aromatic amines is 1. The number of nitrogens with two attached hydrogens (primary N) is 1. The van der Waals surface area contributed by atoms with E-state index < -0.39 is 0 Å². The number of rotatable bonds is 8. The topological polar surface area (TPSA) is 62.1 Å². The highest BCUT2D eigenvalue weighted by Crippen LogP contribution is 2.44. The number of nitrogens with one attached hydrogen (secondary N) is 1. The van der Waals surface area contributed by atoms with Gasteiger partial charge in [0.1, 0.15) is 0 Å². The van der Waals surface area contributed by atoms with Crippen LogP contribution in [-0.2, 0) is 16.8 Å². The summed E-state index contributed by atoms with van der Waals surface area (Å²) in [5.74, 6) is -0.232. The predicted molar refractivity (Wildman–Crippen MR) is 140 cm³/mol. The van der Waals surface area contributed by atoms with Crippen LogP contribution in [0.25, 0.3) is 10.9 Å². The van der Waals surface area contributed by atoms with Crippen LogP contribution in [0.5, 0.6) is 0 Å². The van der Waals surface area contributed by atoms with Crippen LogP contribution >= 0.6 is 12.4 Å². The summed E-state index contributed by atoms with van der Waals surface area (Å²) < 4.78 is 0. The number of carbonyl (C=O) groups excluding carboxylic acids is 1. The Morgan fingerprint density at radius 2 is 1.67 bits per heavy atom. The minimum absolute atomic E-state index is 0. The molecule has 4 rings (SSSR count). The molecule has 1 amide bonds. The molecule has 0 aliphatic heterocycles. The van der Waals surface area contributed by atoms with Crippen molar-refractivity contribution in [3.05, 3.63) is 83.1 Å². The van der Waals surface area contributed by atoms with Gasteiger partial charge in [-0.05, 0) is 82.7 Å². The Morgan fingerprint density at radius 1 is 1.00 bits per heavy atom. The number of hydrogen-bond acceptors (Lipinski definition) is 2. The lowest BCUT2D eigenvalue weighted by Crippen LogP contribution is -2.43. The third kappa shape index (κ3) is 5.34. The largest absolute Gasteiger partial charge is 0.366 e. The quantitative estimate of drug-likeness (QED) is 0.311. The van der Waals surface area contributed by atoms with Crippen molar-refractivity contribution in [2.75, 3.05) is 14.1 Å². The van der Waals surface area contributed by atoms with Gasteiger partial charge in [0.05, 0.1) is 0 Å². The number of hydrogen-bond donors (Lipinski definition) is 2. The molecule has 0 unspecified atom stereocenters. The minimum Gasteiger partial charge on any atom is -0.366 e. The van der Waals surface area contributed by atoms with Gasteiger partial charge in [-0.3, -0.25) is 9.69 Å². The number of H-pyrrole nitrogens is 1. The van der Waals surface area contributed by atoms with Gasteiger partial charge in [-0.1, -0.05) is 54.1 Å². The summed E-state index contributed by atoms with van der Waals surface area (Å²) in [7, 11) is 4.34. The summed E-state index contributed by atoms with van der Waals surface area (Å²) >= 11 is 0. The molecule has 1 fully saturated rings. The minimum atomic E-state index is -0.232. The van der Waals surface area contributed by atoms with E-state index in [-0.39, 0.29) is 23.9 Å². The van der Waals surface area contributed by atoms with E-state index in [2.05, 4.69) is 84.8 Å². The fraction of sp³-hybridized carbons (Fsp3) is 0.393. The second-order valence-electron chi connectivity index (χ2n) is 9.30. The Morgan fingerprint density at radius 3 is 2.33 bits per heavy atom. The highest BCUT2D eigenvalue weighted by Gasteiger charge is 2.37. The Kier molecular flexibility index (Phi) is 8.39. The van der Waals surface area contributed by atoms with Crippen molar-refractivity contribution >= 4 is 29.2 Å². The number of unbranched alkanes of at least 4 members (excludes halogenated alkanes) is 1. The van der Waals surface area contributed by atoms with Crippen LogP contribution in [0.2, 0.25) is 0 Å². The number of aryl methyl sites for hydroxylation is 1. The Bertz CT molecular complexity index is 1090. The molecule has 1 saturated carbocycles. The van der Waals surface area contributed by atoms with Gasteiger partial charge in [0.2, 0.25) is 5.91 Å². The number of aromatic nitrogens is 1. The first-order valence-corrected chi connectivity index (χ1v) is 11.8. The molecule has 0 radical (unpaired) electrons. The highest BCUT2D eigenvalue weighted by molar-refractivity contribution is 5.92. The first-order valence-electron chi connectivity index (χ1n) is 11.8. The fourth-order valence-corrected chi connectivity index (χ4v) is 5.44. The van der Waals surface area contributed by atoms with Crippen LogP contribution in [0, 0.1) is 0 Å². The fourth-order valence-electron chi connectivity index (χ4n) is 5.44. The van der Waals surface area contributed by atoms with Gasteiger partial charge in [0.15, 0.2) is 0 Å². The molecule has 5 heteroatoms. The zero-order valence-electron chi connectivity index (χ0n) is 19.8. The van der Waals surface area contributed by atoms with Crippen molar-refractivity contribution in [2.24, 2.45) is 5.73 Å². The number of primary amides is 1. The van der Waals surface area contributed by atoms with Crippen LogP contribution < -0.4 is 5.73 Å². The van der Waals surface area contributed by atoms with Crippen LogP contribution in [0.3, 0.4) is 0 Å². The van der Waals surface area contributed by atoms with Crippen molar-refractivity contribution in [2.45, 2.75) is 56.9 Å². The molecule has 176 valence electrons. The lowest BCUT2D eigenvalue weighted by Gasteiger charge is -2.44. The van der Waals surface area contributed by atoms with Gasteiger partial charge >= 0.3 is 0 Å². The number of benzene rings is 2. The van der Waals surface area contributed by atoms with Gasteiger partial charge in [0.25, 0.3) is 0 Å². The van der Waals surface area contributed by atoms with E-state index in [1.54, 1.807) is 0 Å². The molecule has 0 saturated heterocycles. The maximum atomic E-state index is 12.3. The summed E-state index contributed by atoms with van der Waals surface area (Å²) in [4.78, 5) is 18.0. The maximum absolute atomic E-state index is 12.3. The number of fused-ring (bicyclic) bond motifs is 1. The standard InChI is InChI=1S/C28H35N3O.ClH/c1-31(2)28(23-11-4-3-5-12-23)18-16-21(17-19-28)25(27(29)32)14-7-6-10-22-20-30-26-15-9-8-13-24(22)26;/h3-5,8-9,11-13,15,20,30H,6-7,10,14,16-19H2,1-2H3,(H2,29,32);1H. The van der Waals surface area contributed by atoms with Crippen LogP contribution in [0.1, 0.15) is 56.1 Å². The molecule has 0 atom stereocenters. The van der Waals surface area contributed by atoms with Crippen LogP contribution in [0.4, 0.5) is 0 Å². The molecule has 0 spiro atoms. The number of carbonyl (C=O) groups is 1. The first-order chi connectivity index (χ1) is 15.5. The monoisotopic (exact) mass is 465 g/mol. The number of para-hydroxylation sites is 1. The Labute approximate surface area is 203 Å². The van der Waals surface area contributed by atoms with Crippen molar-refractivity contribution in [1.82, 2.24) is 9.88 Å². The van der Waals surface area contributed by atoms with E-state index in [1.165, 1.54) is 27.6 Å². The summed E-state index contributed by atoms with van der Waals surface area (Å²) in [6, 6.07) is 19.2. The third-order valence-electron chi connectivity index (χ3n) is 7.37. The molecule has 1 aliphatic rings. The predicted octanol–water partition coefficient (Wildman–Crippen LogP) is 6.12. The molecule has 1 aromatic heterocycles. The average Bonchev–Trinajstić information content (AvgIpc) is 3.22. The molecule has 1 heterocycles. The molecular weight excluding hydrogens is 430 g/mol.